The van der Waals surface area contributed by atoms with Crippen molar-refractivity contribution >= 4 is 11.7 Å². The van der Waals surface area contributed by atoms with Crippen molar-refractivity contribution in [3.8, 4) is 0 Å². The summed E-state index contributed by atoms with van der Waals surface area (Å²) in [5.41, 5.74) is 0.441. The Hall–Kier alpha value is -2.73. The minimum absolute atomic E-state index is 0.0574. The van der Waals surface area contributed by atoms with Crippen molar-refractivity contribution in [2.45, 2.75) is 37.1 Å². The fraction of sp³-hybridized carbons (Fsp3) is 0.316. The number of epoxide rings is 1. The fourth-order valence-electron chi connectivity index (χ4n) is 3.86. The number of carbonyl (C=O) groups excluding carboxylic acids is 1. The first-order valence-corrected chi connectivity index (χ1v) is 8.17. The largest absolute Gasteiger partial charge is 0.456 e. The van der Waals surface area contributed by atoms with Gasteiger partial charge in [-0.3, -0.25) is 10.1 Å². The topological polar surface area (TPSA) is 82.0 Å². The molecule has 128 valence electrons. The molecule has 2 aliphatic rings. The normalized spacial score (nSPS) is 29.7. The number of nitrogens with zero attached hydrogens (tertiary/aromatic N) is 1. The molecular formula is C19H17NO5. The van der Waals surface area contributed by atoms with Crippen LogP contribution in [0.5, 0.6) is 0 Å². The van der Waals surface area contributed by atoms with E-state index in [4.69, 9.17) is 9.47 Å². The zero-order valence-corrected chi connectivity index (χ0v) is 13.7. The lowest BCUT2D eigenvalue weighted by atomic mass is 9.89. The van der Waals surface area contributed by atoms with Gasteiger partial charge in [-0.25, -0.2) is 4.79 Å². The van der Waals surface area contributed by atoms with Gasteiger partial charge in [-0.1, -0.05) is 30.3 Å². The summed E-state index contributed by atoms with van der Waals surface area (Å²) in [4.78, 5) is 22.6. The lowest BCUT2D eigenvalue weighted by molar-refractivity contribution is -0.384. The molecule has 2 fully saturated rings. The van der Waals surface area contributed by atoms with Gasteiger partial charge in [0.25, 0.3) is 5.69 Å². The third-order valence-corrected chi connectivity index (χ3v) is 5.32. The van der Waals surface area contributed by atoms with Crippen LogP contribution in [0, 0.1) is 10.1 Å². The zero-order chi connectivity index (χ0) is 17.7. The molecule has 3 atom stereocenters. The predicted octanol–water partition coefficient (Wildman–Crippen LogP) is 3.60. The highest BCUT2D eigenvalue weighted by Crippen LogP contribution is 2.66. The number of benzene rings is 2. The first kappa shape index (κ1) is 15.8. The molecule has 0 amide bonds. The van der Waals surface area contributed by atoms with Gasteiger partial charge in [-0.15, -0.1) is 0 Å². The maximum Gasteiger partial charge on any atom is 0.338 e. The molecule has 1 aliphatic heterocycles. The molecule has 1 heterocycles. The summed E-state index contributed by atoms with van der Waals surface area (Å²) in [5, 5.41) is 10.7. The van der Waals surface area contributed by atoms with Crippen molar-refractivity contribution in [3.05, 3.63) is 75.8 Å². The molecule has 1 saturated heterocycles. The van der Waals surface area contributed by atoms with E-state index in [1.54, 1.807) is 0 Å². The number of nitro groups is 1. The molecule has 6 heteroatoms. The number of fused-ring (bicyclic) bond motifs is 1. The van der Waals surface area contributed by atoms with E-state index in [1.807, 2.05) is 37.3 Å². The number of esters is 1. The Bertz CT molecular complexity index is 831. The summed E-state index contributed by atoms with van der Waals surface area (Å²) in [6.07, 6.45) is 1.19. The first-order valence-electron chi connectivity index (χ1n) is 8.17. The van der Waals surface area contributed by atoms with Crippen molar-refractivity contribution in [3.63, 3.8) is 0 Å². The molecule has 4 rings (SSSR count). The van der Waals surface area contributed by atoms with E-state index in [-0.39, 0.29) is 17.4 Å². The predicted molar refractivity (Wildman–Crippen MR) is 89.1 cm³/mol. The first-order chi connectivity index (χ1) is 12.0. The molecular weight excluding hydrogens is 322 g/mol. The third-order valence-electron chi connectivity index (χ3n) is 5.32. The second-order valence-electron chi connectivity index (χ2n) is 6.64. The smallest absolute Gasteiger partial charge is 0.338 e. The number of nitro benzene ring substituents is 1. The molecule has 0 unspecified atom stereocenters. The summed E-state index contributed by atoms with van der Waals surface area (Å²) in [5.74, 6) is -0.486. The number of non-ortho nitro benzene ring substituents is 1. The summed E-state index contributed by atoms with van der Waals surface area (Å²) in [6.45, 7) is 1.97. The number of hydrogen-bond acceptors (Lipinski definition) is 5. The van der Waals surface area contributed by atoms with E-state index in [2.05, 4.69) is 0 Å². The number of rotatable bonds is 4. The second-order valence-corrected chi connectivity index (χ2v) is 6.64. The van der Waals surface area contributed by atoms with Crippen LogP contribution in [-0.4, -0.2) is 22.6 Å². The monoisotopic (exact) mass is 339 g/mol. The Morgan fingerprint density at radius 3 is 2.48 bits per heavy atom. The number of hydrogen-bond donors (Lipinski definition) is 0. The van der Waals surface area contributed by atoms with Crippen molar-refractivity contribution in [1.82, 2.24) is 0 Å². The third kappa shape index (κ3) is 2.33. The zero-order valence-electron chi connectivity index (χ0n) is 13.7. The Kier molecular flexibility index (Phi) is 3.40. The van der Waals surface area contributed by atoms with Crippen LogP contribution in [0.25, 0.3) is 0 Å². The van der Waals surface area contributed by atoms with Crippen LogP contribution in [-0.2, 0) is 15.1 Å². The molecule has 0 spiro atoms. The molecule has 2 aromatic rings. The highest BCUT2D eigenvalue weighted by molar-refractivity contribution is 5.89. The Labute approximate surface area is 144 Å². The summed E-state index contributed by atoms with van der Waals surface area (Å²) in [7, 11) is 0. The van der Waals surface area contributed by atoms with Crippen LogP contribution in [0.3, 0.4) is 0 Å². The highest BCUT2D eigenvalue weighted by Gasteiger charge is 2.76. The minimum atomic E-state index is -0.523. The maximum atomic E-state index is 12.4. The lowest BCUT2D eigenvalue weighted by Crippen LogP contribution is -2.31. The Morgan fingerprint density at radius 1 is 1.20 bits per heavy atom. The van der Waals surface area contributed by atoms with Crippen LogP contribution < -0.4 is 0 Å². The standard InChI is InChI=1S/C19H17NO5/c1-18-16(11-12-19(18,25-18)14-5-3-2-4-6-14)24-17(21)13-7-9-15(10-8-13)20(22)23/h2-10,16H,11-12H2,1H3/t16-,18-,19-/m0/s1. The van der Waals surface area contributed by atoms with Crippen LogP contribution in [0.4, 0.5) is 5.69 Å². The molecule has 0 N–H and O–H groups in total. The average molecular weight is 339 g/mol. The van der Waals surface area contributed by atoms with Gasteiger partial charge in [0.05, 0.1) is 10.5 Å². The molecule has 0 radical (unpaired) electrons. The van der Waals surface area contributed by atoms with Gasteiger partial charge in [0.1, 0.15) is 17.3 Å². The quantitative estimate of drug-likeness (QED) is 0.368. The molecule has 1 aliphatic carbocycles. The molecule has 0 bridgehead atoms. The van der Waals surface area contributed by atoms with Gasteiger partial charge in [0, 0.05) is 12.1 Å². The summed E-state index contributed by atoms with van der Waals surface area (Å²) in [6, 6.07) is 15.4. The van der Waals surface area contributed by atoms with E-state index in [1.165, 1.54) is 24.3 Å². The molecule has 6 nitrogen and oxygen atoms in total. The van der Waals surface area contributed by atoms with Crippen LogP contribution >= 0.6 is 0 Å². The van der Waals surface area contributed by atoms with Crippen molar-refractivity contribution in [1.29, 1.82) is 0 Å². The van der Waals surface area contributed by atoms with Crippen LogP contribution in [0.15, 0.2) is 54.6 Å². The Morgan fingerprint density at radius 2 is 1.88 bits per heavy atom. The number of carbonyl (C=O) groups is 1. The Balaban J connectivity index is 1.49. The van der Waals surface area contributed by atoms with Crippen LogP contribution in [0.2, 0.25) is 0 Å². The minimum Gasteiger partial charge on any atom is -0.456 e. The van der Waals surface area contributed by atoms with Gasteiger partial charge in [0.2, 0.25) is 0 Å². The van der Waals surface area contributed by atoms with E-state index < -0.39 is 16.5 Å². The summed E-state index contributed by atoms with van der Waals surface area (Å²) < 4.78 is 11.7. The van der Waals surface area contributed by atoms with Crippen molar-refractivity contribution < 1.29 is 19.2 Å². The van der Waals surface area contributed by atoms with E-state index in [0.717, 1.165) is 18.4 Å². The SMILES string of the molecule is C[C@@]12O[C@]1(c1ccccc1)CC[C@@H]2OC(=O)c1ccc([N+](=O)[O-])cc1. The van der Waals surface area contributed by atoms with Crippen LogP contribution in [0.1, 0.15) is 35.7 Å². The highest BCUT2D eigenvalue weighted by atomic mass is 16.7. The average Bonchev–Trinajstić information content (AvgIpc) is 3.17. The van der Waals surface area contributed by atoms with Crippen molar-refractivity contribution in [2.75, 3.05) is 0 Å². The van der Waals surface area contributed by atoms with Gasteiger partial charge >= 0.3 is 5.97 Å². The molecule has 2 aromatic carbocycles. The van der Waals surface area contributed by atoms with Gasteiger partial charge in [-0.2, -0.15) is 0 Å². The molecule has 25 heavy (non-hydrogen) atoms. The van der Waals surface area contributed by atoms with E-state index in [0.29, 0.717) is 5.56 Å². The van der Waals surface area contributed by atoms with Crippen molar-refractivity contribution in [2.24, 2.45) is 0 Å². The van der Waals surface area contributed by atoms with Gasteiger partial charge in [0.15, 0.2) is 0 Å². The molecule has 1 saturated carbocycles. The van der Waals surface area contributed by atoms with Gasteiger partial charge in [-0.05, 0) is 37.5 Å². The number of ether oxygens (including phenoxy) is 2. The lowest BCUT2D eigenvalue weighted by Gasteiger charge is -2.17. The van der Waals surface area contributed by atoms with Gasteiger partial charge < -0.3 is 9.47 Å². The molecule has 0 aromatic heterocycles. The fourth-order valence-corrected chi connectivity index (χ4v) is 3.86. The van der Waals surface area contributed by atoms with E-state index in [9.17, 15) is 14.9 Å². The van der Waals surface area contributed by atoms with E-state index >= 15 is 0 Å². The summed E-state index contributed by atoms with van der Waals surface area (Å²) >= 11 is 0. The maximum absolute atomic E-state index is 12.4. The second kappa shape index (κ2) is 5.39.